The number of fused-ring (bicyclic) bond motifs is 3. The van der Waals surface area contributed by atoms with Crippen LogP contribution in [0.2, 0.25) is 0 Å². The zero-order chi connectivity index (χ0) is 24.0. The number of aromatic amines is 1. The van der Waals surface area contributed by atoms with E-state index < -0.39 is 17.7 Å². The summed E-state index contributed by atoms with van der Waals surface area (Å²) in [6.45, 7) is -0.0211. The lowest BCUT2D eigenvalue weighted by Gasteiger charge is -2.18. The summed E-state index contributed by atoms with van der Waals surface area (Å²) in [6.07, 6.45) is -1.94. The van der Waals surface area contributed by atoms with Crippen LogP contribution in [0.25, 0.3) is 10.9 Å². The van der Waals surface area contributed by atoms with Gasteiger partial charge in [0, 0.05) is 35.4 Å². The van der Waals surface area contributed by atoms with Crippen molar-refractivity contribution in [1.29, 1.82) is 0 Å². The maximum absolute atomic E-state index is 13.8. The minimum Gasteiger partial charge on any atom is -0.489 e. The molecule has 1 heterocycles. The van der Waals surface area contributed by atoms with Gasteiger partial charge in [-0.05, 0) is 66.1 Å². The van der Waals surface area contributed by atoms with Gasteiger partial charge in [0.05, 0.1) is 12.0 Å². The van der Waals surface area contributed by atoms with Crippen LogP contribution in [-0.2, 0) is 28.8 Å². The maximum Gasteiger partial charge on any atom is 0.416 e. The fraction of sp³-hybridized carbons (Fsp3) is 0.385. The lowest BCUT2D eigenvalue weighted by Crippen LogP contribution is -2.12. The van der Waals surface area contributed by atoms with Crippen LogP contribution in [0.4, 0.5) is 13.2 Å². The molecule has 3 aromatic rings. The van der Waals surface area contributed by atoms with Gasteiger partial charge in [0.2, 0.25) is 0 Å². The van der Waals surface area contributed by atoms with E-state index in [9.17, 15) is 22.8 Å². The van der Waals surface area contributed by atoms with Crippen molar-refractivity contribution in [3.8, 4) is 5.75 Å². The number of hydrogen-bond acceptors (Lipinski definition) is 3. The molecule has 2 aliphatic rings. The summed E-state index contributed by atoms with van der Waals surface area (Å²) in [5, 5.41) is 10.1. The fourth-order valence-corrected chi connectivity index (χ4v) is 5.37. The zero-order valence-electron chi connectivity index (χ0n) is 18.4. The van der Waals surface area contributed by atoms with Gasteiger partial charge in [-0.1, -0.05) is 12.1 Å². The van der Waals surface area contributed by atoms with Crippen LogP contribution in [-0.4, -0.2) is 21.8 Å². The highest BCUT2D eigenvalue weighted by Gasteiger charge is 2.37. The van der Waals surface area contributed by atoms with Gasteiger partial charge in [-0.2, -0.15) is 13.2 Å². The molecular weight excluding hydrogens is 447 g/mol. The topological polar surface area (TPSA) is 79.4 Å². The average molecular weight is 471 g/mol. The second kappa shape index (κ2) is 8.49. The van der Waals surface area contributed by atoms with Crippen molar-refractivity contribution < 1.29 is 32.6 Å². The first kappa shape index (κ1) is 22.5. The molecule has 0 saturated heterocycles. The molecule has 1 saturated carbocycles. The summed E-state index contributed by atoms with van der Waals surface area (Å²) >= 11 is 0. The van der Waals surface area contributed by atoms with Crippen LogP contribution in [0.5, 0.6) is 5.75 Å². The molecule has 5 rings (SSSR count). The quantitative estimate of drug-likeness (QED) is 0.455. The SMILES string of the molecule is O=C(O)C[C@H]1CCc2c1[nH]c1ccc(OCc3ccc([C@H]4CCC(=O)C4)c(C(F)(F)F)c3)cc21. The normalized spacial score (nSPS) is 20.1. The first-order valence-corrected chi connectivity index (χ1v) is 11.4. The predicted octanol–water partition coefficient (Wildman–Crippen LogP) is 6.11. The first-order valence-electron chi connectivity index (χ1n) is 11.4. The van der Waals surface area contributed by atoms with E-state index in [1.165, 1.54) is 6.07 Å². The van der Waals surface area contributed by atoms with E-state index in [1.807, 2.05) is 12.1 Å². The van der Waals surface area contributed by atoms with Gasteiger partial charge in [0.25, 0.3) is 0 Å². The Bertz CT molecular complexity index is 1280. The Hall–Kier alpha value is -3.29. The molecule has 5 nitrogen and oxygen atoms in total. The van der Waals surface area contributed by atoms with Crippen molar-refractivity contribution in [2.75, 3.05) is 0 Å². The molecule has 34 heavy (non-hydrogen) atoms. The second-order valence-electron chi connectivity index (χ2n) is 9.24. The van der Waals surface area contributed by atoms with Crippen LogP contribution in [0.15, 0.2) is 36.4 Å². The van der Waals surface area contributed by atoms with E-state index in [0.717, 1.165) is 41.1 Å². The van der Waals surface area contributed by atoms with Gasteiger partial charge in [-0.15, -0.1) is 0 Å². The zero-order valence-corrected chi connectivity index (χ0v) is 18.4. The van der Waals surface area contributed by atoms with E-state index in [-0.39, 0.29) is 42.6 Å². The number of H-pyrrole nitrogens is 1. The Labute approximate surface area is 193 Å². The number of ether oxygens (including phenoxy) is 1. The smallest absolute Gasteiger partial charge is 0.416 e. The molecular formula is C26H24F3NO4. The number of carbonyl (C=O) groups excluding carboxylic acids is 1. The molecule has 2 atom stereocenters. The van der Waals surface area contributed by atoms with E-state index in [0.29, 0.717) is 24.2 Å². The average Bonchev–Trinajstić information content (AvgIpc) is 3.47. The second-order valence-corrected chi connectivity index (χ2v) is 9.24. The molecule has 1 aromatic heterocycles. The number of aromatic nitrogens is 1. The first-order chi connectivity index (χ1) is 16.2. The number of carbonyl (C=O) groups is 2. The third-order valence-corrected chi connectivity index (χ3v) is 7.00. The third-order valence-electron chi connectivity index (χ3n) is 7.00. The molecule has 0 bridgehead atoms. The van der Waals surface area contributed by atoms with Gasteiger partial charge in [0.1, 0.15) is 18.1 Å². The summed E-state index contributed by atoms with van der Waals surface area (Å²) in [7, 11) is 0. The minimum atomic E-state index is -4.51. The molecule has 0 radical (unpaired) electrons. The third kappa shape index (κ3) is 4.29. The highest BCUT2D eigenvalue weighted by Crippen LogP contribution is 2.42. The number of rotatable bonds is 6. The number of nitrogens with one attached hydrogen (secondary N) is 1. The molecule has 2 aliphatic carbocycles. The largest absolute Gasteiger partial charge is 0.489 e. The fourth-order valence-electron chi connectivity index (χ4n) is 5.37. The molecule has 2 N–H and O–H groups in total. The number of aliphatic carboxylic acids is 1. The Morgan fingerprint density at radius 2 is 1.94 bits per heavy atom. The molecule has 0 spiro atoms. The Balaban J connectivity index is 1.36. The van der Waals surface area contributed by atoms with E-state index in [4.69, 9.17) is 9.84 Å². The molecule has 2 aromatic carbocycles. The summed E-state index contributed by atoms with van der Waals surface area (Å²) in [5.74, 6) is -0.716. The van der Waals surface area contributed by atoms with Crippen molar-refractivity contribution in [2.24, 2.45) is 0 Å². The van der Waals surface area contributed by atoms with Crippen molar-refractivity contribution >= 4 is 22.7 Å². The number of halogens is 3. The van der Waals surface area contributed by atoms with Gasteiger partial charge in [-0.25, -0.2) is 0 Å². The van der Waals surface area contributed by atoms with Gasteiger partial charge >= 0.3 is 12.1 Å². The van der Waals surface area contributed by atoms with Crippen LogP contribution in [0.3, 0.4) is 0 Å². The van der Waals surface area contributed by atoms with Gasteiger partial charge < -0.3 is 14.8 Å². The van der Waals surface area contributed by atoms with Crippen molar-refractivity contribution in [2.45, 2.75) is 63.1 Å². The lowest BCUT2D eigenvalue weighted by molar-refractivity contribution is -0.139. The van der Waals surface area contributed by atoms with E-state index in [1.54, 1.807) is 12.1 Å². The minimum absolute atomic E-state index is 0.00597. The van der Waals surface area contributed by atoms with Crippen LogP contribution in [0.1, 0.15) is 71.9 Å². The number of Topliss-reactive ketones (excluding diaryl/α,β-unsaturated/α-hetero) is 1. The summed E-state index contributed by atoms with van der Waals surface area (Å²) in [6, 6.07) is 9.70. The van der Waals surface area contributed by atoms with Crippen molar-refractivity contribution in [3.63, 3.8) is 0 Å². The molecule has 0 aliphatic heterocycles. The summed E-state index contributed by atoms with van der Waals surface area (Å²) < 4.78 is 47.1. The van der Waals surface area contributed by atoms with Gasteiger partial charge in [0.15, 0.2) is 0 Å². The van der Waals surface area contributed by atoms with Crippen molar-refractivity contribution in [1.82, 2.24) is 4.98 Å². The Morgan fingerprint density at radius 1 is 1.12 bits per heavy atom. The van der Waals surface area contributed by atoms with E-state index >= 15 is 0 Å². The monoisotopic (exact) mass is 471 g/mol. The number of ketones is 1. The standard InChI is InChI=1S/C26H24F3NO4/c27-26(28,29)22-9-14(1-6-19(22)15-2-4-17(31)10-15)13-34-18-5-8-23-21(12-18)20-7-3-16(11-24(32)33)25(20)30-23/h1,5-6,8-9,12,15-16,30H,2-4,7,10-11,13H2,(H,32,33)/t15-,16+/m0/s1. The number of hydrogen-bond donors (Lipinski definition) is 2. The van der Waals surface area contributed by atoms with Gasteiger partial charge in [-0.3, -0.25) is 9.59 Å². The Kier molecular flexibility index (Phi) is 5.62. The Morgan fingerprint density at radius 3 is 2.65 bits per heavy atom. The number of carboxylic acids is 1. The molecule has 178 valence electrons. The number of alkyl halides is 3. The number of aryl methyl sites for hydroxylation is 1. The lowest BCUT2D eigenvalue weighted by atomic mass is 9.91. The molecule has 8 heteroatoms. The summed E-state index contributed by atoms with van der Waals surface area (Å²) in [4.78, 5) is 26.0. The van der Waals surface area contributed by atoms with E-state index in [2.05, 4.69) is 4.98 Å². The molecule has 0 amide bonds. The van der Waals surface area contributed by atoms with Crippen LogP contribution >= 0.6 is 0 Å². The van der Waals surface area contributed by atoms with Crippen LogP contribution < -0.4 is 4.74 Å². The van der Waals surface area contributed by atoms with Crippen LogP contribution in [0, 0.1) is 0 Å². The highest BCUT2D eigenvalue weighted by atomic mass is 19.4. The summed E-state index contributed by atoms with van der Waals surface area (Å²) in [5.41, 5.74) is 2.81. The predicted molar refractivity (Wildman–Crippen MR) is 119 cm³/mol. The number of carboxylic acid groups (broad SMARTS) is 1. The van der Waals surface area contributed by atoms with Crippen molar-refractivity contribution in [3.05, 3.63) is 64.3 Å². The highest BCUT2D eigenvalue weighted by molar-refractivity contribution is 5.87. The molecule has 1 fully saturated rings. The maximum atomic E-state index is 13.8. The molecule has 0 unspecified atom stereocenters. The number of benzene rings is 2.